The third kappa shape index (κ3) is 2.44. The molecule has 0 bridgehead atoms. The average molecular weight is 260 g/mol. The van der Waals surface area contributed by atoms with Gasteiger partial charge in [0.2, 0.25) is 0 Å². The van der Waals surface area contributed by atoms with Crippen molar-refractivity contribution in [3.8, 4) is 0 Å². The Morgan fingerprint density at radius 1 is 1.24 bits per heavy atom. The number of aromatic nitrogens is 2. The number of halogens is 3. The highest BCUT2D eigenvalue weighted by atomic mass is 32.2. The van der Waals surface area contributed by atoms with Gasteiger partial charge in [0.1, 0.15) is 5.03 Å². The van der Waals surface area contributed by atoms with E-state index in [-0.39, 0.29) is 10.5 Å². The number of hydrogen-bond acceptors (Lipinski definition) is 3. The SMILES string of the molecule is CS(=O)c1cnc2cc(C(F)(F)F)ccc2n1. The maximum Gasteiger partial charge on any atom is 0.416 e. The average Bonchev–Trinajstić information content (AvgIpc) is 2.26. The lowest BCUT2D eigenvalue weighted by Gasteiger charge is -2.07. The predicted octanol–water partition coefficient (Wildman–Crippen LogP) is 2.39. The van der Waals surface area contributed by atoms with Crippen LogP contribution in [0.4, 0.5) is 13.2 Å². The molecule has 0 fully saturated rings. The Labute approximate surface area is 97.2 Å². The molecular weight excluding hydrogens is 253 g/mol. The standard InChI is InChI=1S/C10H7F3N2OS/c1-17(16)9-5-14-8-4-6(10(11,12)13)2-3-7(8)15-9/h2-5H,1H3. The van der Waals surface area contributed by atoms with Crippen molar-refractivity contribution in [2.24, 2.45) is 0 Å². The molecule has 1 aromatic heterocycles. The summed E-state index contributed by atoms with van der Waals surface area (Å²) < 4.78 is 48.4. The Bertz CT molecular complexity index is 598. The summed E-state index contributed by atoms with van der Waals surface area (Å²) in [5.41, 5.74) is -0.343. The topological polar surface area (TPSA) is 42.9 Å². The van der Waals surface area contributed by atoms with Crippen molar-refractivity contribution < 1.29 is 17.4 Å². The first kappa shape index (κ1) is 12.0. The summed E-state index contributed by atoms with van der Waals surface area (Å²) in [7, 11) is -1.30. The fourth-order valence-electron chi connectivity index (χ4n) is 1.31. The largest absolute Gasteiger partial charge is 0.416 e. The Kier molecular flexibility index (Phi) is 2.86. The fourth-order valence-corrected chi connectivity index (χ4v) is 1.74. The maximum atomic E-state index is 12.4. The van der Waals surface area contributed by atoms with Gasteiger partial charge in [-0.05, 0) is 18.2 Å². The Balaban J connectivity index is 2.58. The van der Waals surface area contributed by atoms with Gasteiger partial charge >= 0.3 is 6.18 Å². The molecule has 0 amide bonds. The van der Waals surface area contributed by atoms with Crippen molar-refractivity contribution in [1.29, 1.82) is 0 Å². The van der Waals surface area contributed by atoms with Crippen LogP contribution in [0.1, 0.15) is 5.56 Å². The molecule has 2 aromatic rings. The van der Waals surface area contributed by atoms with E-state index in [4.69, 9.17) is 0 Å². The van der Waals surface area contributed by atoms with Crippen LogP contribution in [0.5, 0.6) is 0 Å². The normalized spacial score (nSPS) is 13.9. The molecule has 1 unspecified atom stereocenters. The Morgan fingerprint density at radius 3 is 2.53 bits per heavy atom. The number of nitrogens with zero attached hydrogens (tertiary/aromatic N) is 2. The van der Waals surface area contributed by atoms with Gasteiger partial charge in [0.05, 0.1) is 33.6 Å². The van der Waals surface area contributed by atoms with Gasteiger partial charge in [-0.25, -0.2) is 4.98 Å². The monoisotopic (exact) mass is 260 g/mol. The molecule has 0 N–H and O–H groups in total. The quantitative estimate of drug-likeness (QED) is 0.790. The zero-order valence-corrected chi connectivity index (χ0v) is 9.47. The summed E-state index contributed by atoms with van der Waals surface area (Å²) in [6.45, 7) is 0. The lowest BCUT2D eigenvalue weighted by molar-refractivity contribution is -0.137. The summed E-state index contributed by atoms with van der Waals surface area (Å²) in [6.07, 6.45) is -1.75. The van der Waals surface area contributed by atoms with Crippen molar-refractivity contribution in [1.82, 2.24) is 9.97 Å². The van der Waals surface area contributed by atoms with Crippen LogP contribution in [0.15, 0.2) is 29.4 Å². The molecule has 0 saturated carbocycles. The van der Waals surface area contributed by atoms with Crippen molar-refractivity contribution in [3.05, 3.63) is 30.0 Å². The molecule has 17 heavy (non-hydrogen) atoms. The van der Waals surface area contributed by atoms with Gasteiger partial charge in [-0.3, -0.25) is 9.19 Å². The maximum absolute atomic E-state index is 12.4. The van der Waals surface area contributed by atoms with Gasteiger partial charge in [-0.2, -0.15) is 13.2 Å². The lowest BCUT2D eigenvalue weighted by atomic mass is 10.2. The smallest absolute Gasteiger partial charge is 0.253 e. The van der Waals surface area contributed by atoms with Gasteiger partial charge < -0.3 is 0 Å². The molecule has 0 spiro atoms. The van der Waals surface area contributed by atoms with Crippen molar-refractivity contribution in [2.45, 2.75) is 11.2 Å². The summed E-state index contributed by atoms with van der Waals surface area (Å²) >= 11 is 0. The van der Waals surface area contributed by atoms with E-state index in [1.807, 2.05) is 0 Å². The van der Waals surface area contributed by atoms with Crippen LogP contribution < -0.4 is 0 Å². The van der Waals surface area contributed by atoms with E-state index in [1.165, 1.54) is 18.5 Å². The van der Waals surface area contributed by atoms with Crippen LogP contribution in [0.25, 0.3) is 11.0 Å². The second-order valence-electron chi connectivity index (χ2n) is 3.36. The molecule has 0 saturated heterocycles. The van der Waals surface area contributed by atoms with E-state index >= 15 is 0 Å². The van der Waals surface area contributed by atoms with Gasteiger partial charge in [0.15, 0.2) is 0 Å². The summed E-state index contributed by atoms with van der Waals surface area (Å²) in [5, 5.41) is 0.247. The van der Waals surface area contributed by atoms with Gasteiger partial charge in [0, 0.05) is 6.26 Å². The minimum Gasteiger partial charge on any atom is -0.253 e. The molecule has 3 nitrogen and oxygen atoms in total. The third-order valence-corrected chi connectivity index (χ3v) is 2.93. The highest BCUT2D eigenvalue weighted by molar-refractivity contribution is 7.84. The van der Waals surface area contributed by atoms with E-state index in [0.717, 1.165) is 12.1 Å². The molecule has 0 radical (unpaired) electrons. The number of alkyl halides is 3. The molecule has 0 aliphatic carbocycles. The van der Waals surface area contributed by atoms with Crippen LogP contribution in [-0.4, -0.2) is 20.4 Å². The zero-order chi connectivity index (χ0) is 12.6. The lowest BCUT2D eigenvalue weighted by Crippen LogP contribution is -2.05. The van der Waals surface area contributed by atoms with Gasteiger partial charge in [-0.1, -0.05) is 0 Å². The van der Waals surface area contributed by atoms with Gasteiger partial charge in [-0.15, -0.1) is 0 Å². The minimum atomic E-state index is -4.40. The highest BCUT2D eigenvalue weighted by Gasteiger charge is 2.30. The first-order valence-corrected chi connectivity index (χ1v) is 6.11. The molecule has 1 heterocycles. The number of rotatable bonds is 1. The van der Waals surface area contributed by atoms with Crippen LogP contribution >= 0.6 is 0 Å². The fraction of sp³-hybridized carbons (Fsp3) is 0.200. The molecular formula is C10H7F3N2OS. The van der Waals surface area contributed by atoms with Crippen LogP contribution in [0.2, 0.25) is 0 Å². The zero-order valence-electron chi connectivity index (χ0n) is 8.65. The van der Waals surface area contributed by atoms with E-state index < -0.39 is 22.5 Å². The first-order valence-electron chi connectivity index (χ1n) is 4.55. The van der Waals surface area contributed by atoms with E-state index in [1.54, 1.807) is 0 Å². The number of hydrogen-bond donors (Lipinski definition) is 0. The van der Waals surface area contributed by atoms with Crippen molar-refractivity contribution in [3.63, 3.8) is 0 Å². The molecule has 2 rings (SSSR count). The number of benzene rings is 1. The van der Waals surface area contributed by atoms with Crippen LogP contribution in [-0.2, 0) is 17.0 Å². The molecule has 90 valence electrons. The van der Waals surface area contributed by atoms with Crippen molar-refractivity contribution in [2.75, 3.05) is 6.26 Å². The minimum absolute atomic E-state index is 0.133. The Morgan fingerprint density at radius 2 is 1.94 bits per heavy atom. The van der Waals surface area contributed by atoms with E-state index in [2.05, 4.69) is 9.97 Å². The van der Waals surface area contributed by atoms with E-state index in [0.29, 0.717) is 5.52 Å². The summed E-state index contributed by atoms with van der Waals surface area (Å²) in [6, 6.07) is 3.07. The Hall–Kier alpha value is -1.50. The second-order valence-corrected chi connectivity index (χ2v) is 4.69. The van der Waals surface area contributed by atoms with Gasteiger partial charge in [0.25, 0.3) is 0 Å². The predicted molar refractivity (Wildman–Crippen MR) is 56.9 cm³/mol. The molecule has 7 heteroatoms. The second kappa shape index (κ2) is 4.06. The summed E-state index contributed by atoms with van der Waals surface area (Å²) in [4.78, 5) is 7.79. The summed E-state index contributed by atoms with van der Waals surface area (Å²) in [5.74, 6) is 0. The first-order chi connectivity index (χ1) is 7.88. The molecule has 1 atom stereocenters. The van der Waals surface area contributed by atoms with Crippen LogP contribution in [0.3, 0.4) is 0 Å². The molecule has 0 aliphatic rings. The highest BCUT2D eigenvalue weighted by Crippen LogP contribution is 2.30. The molecule has 1 aromatic carbocycles. The number of fused-ring (bicyclic) bond motifs is 1. The molecule has 0 aliphatic heterocycles. The van der Waals surface area contributed by atoms with Crippen LogP contribution in [0, 0.1) is 0 Å². The van der Waals surface area contributed by atoms with Crippen molar-refractivity contribution >= 4 is 21.8 Å². The third-order valence-electron chi connectivity index (χ3n) is 2.14. The van der Waals surface area contributed by atoms with E-state index in [9.17, 15) is 17.4 Å².